The number of nitrogens with zero attached hydrogens (tertiary/aromatic N) is 1. The lowest BCUT2D eigenvalue weighted by atomic mass is 10.3. The molecule has 1 fully saturated rings. The number of carbonyl (C=O) groups excluding carboxylic acids is 1. The van der Waals surface area contributed by atoms with Crippen LogP contribution < -0.4 is 0 Å². The molecule has 0 bridgehead atoms. The quantitative estimate of drug-likeness (QED) is 0.829. The molecule has 2 nitrogen and oxygen atoms in total. The maximum absolute atomic E-state index is 11.7. The van der Waals surface area contributed by atoms with Crippen molar-refractivity contribution in [2.45, 2.75) is 5.37 Å². The predicted octanol–water partition coefficient (Wildman–Crippen LogP) is 2.69. The SMILES string of the molecule is CSCCN1C(=O)CSC1c1ccsc1. The van der Waals surface area contributed by atoms with Crippen molar-refractivity contribution < 1.29 is 4.79 Å². The highest BCUT2D eigenvalue weighted by Gasteiger charge is 2.32. The Labute approximate surface area is 102 Å². The van der Waals surface area contributed by atoms with Crippen LogP contribution in [0.15, 0.2) is 16.8 Å². The van der Waals surface area contributed by atoms with Gasteiger partial charge in [-0.25, -0.2) is 0 Å². The molecule has 0 aromatic carbocycles. The fourth-order valence-electron chi connectivity index (χ4n) is 1.58. The lowest BCUT2D eigenvalue weighted by Crippen LogP contribution is -2.30. The predicted molar refractivity (Wildman–Crippen MR) is 69.6 cm³/mol. The zero-order valence-electron chi connectivity index (χ0n) is 8.51. The highest BCUT2D eigenvalue weighted by atomic mass is 32.2. The fourth-order valence-corrected chi connectivity index (χ4v) is 3.93. The van der Waals surface area contributed by atoms with Crippen LogP contribution in [0.5, 0.6) is 0 Å². The van der Waals surface area contributed by atoms with Crippen molar-refractivity contribution in [3.8, 4) is 0 Å². The Bertz CT molecular complexity index is 325. The minimum absolute atomic E-state index is 0.260. The summed E-state index contributed by atoms with van der Waals surface area (Å²) in [5.74, 6) is 1.94. The van der Waals surface area contributed by atoms with Crippen LogP contribution in [0.1, 0.15) is 10.9 Å². The van der Waals surface area contributed by atoms with Gasteiger partial charge in [0.15, 0.2) is 0 Å². The van der Waals surface area contributed by atoms with Gasteiger partial charge < -0.3 is 4.90 Å². The zero-order chi connectivity index (χ0) is 10.7. The van der Waals surface area contributed by atoms with Crippen LogP contribution in [0.2, 0.25) is 0 Å². The maximum Gasteiger partial charge on any atom is 0.233 e. The van der Waals surface area contributed by atoms with Gasteiger partial charge in [-0.1, -0.05) is 0 Å². The second-order valence-corrected chi connectivity index (χ2v) is 6.13. The summed E-state index contributed by atoms with van der Waals surface area (Å²) in [7, 11) is 0. The van der Waals surface area contributed by atoms with Gasteiger partial charge in [0, 0.05) is 12.3 Å². The van der Waals surface area contributed by atoms with Crippen LogP contribution in [0, 0.1) is 0 Å². The van der Waals surface area contributed by atoms with E-state index in [1.807, 2.05) is 4.90 Å². The Hall–Kier alpha value is -0.130. The van der Waals surface area contributed by atoms with E-state index in [9.17, 15) is 4.79 Å². The molecule has 1 aromatic heterocycles. The van der Waals surface area contributed by atoms with E-state index in [4.69, 9.17) is 0 Å². The van der Waals surface area contributed by atoms with Crippen molar-refractivity contribution in [1.82, 2.24) is 4.90 Å². The van der Waals surface area contributed by atoms with Crippen LogP contribution in [0.3, 0.4) is 0 Å². The molecule has 2 heterocycles. The first-order valence-electron chi connectivity index (χ1n) is 4.75. The number of hydrogen-bond acceptors (Lipinski definition) is 4. The number of thiophene rings is 1. The average molecular weight is 259 g/mol. The Kier molecular flexibility index (Phi) is 3.99. The van der Waals surface area contributed by atoms with Crippen LogP contribution in [0.25, 0.3) is 0 Å². The largest absolute Gasteiger partial charge is 0.325 e. The Balaban J connectivity index is 2.07. The summed E-state index contributed by atoms with van der Waals surface area (Å²) in [6.07, 6.45) is 2.08. The summed E-state index contributed by atoms with van der Waals surface area (Å²) in [4.78, 5) is 13.7. The lowest BCUT2D eigenvalue weighted by molar-refractivity contribution is -0.127. The molecule has 15 heavy (non-hydrogen) atoms. The van der Waals surface area contributed by atoms with E-state index in [1.54, 1.807) is 34.9 Å². The van der Waals surface area contributed by atoms with Crippen molar-refractivity contribution >= 4 is 40.8 Å². The molecule has 82 valence electrons. The monoisotopic (exact) mass is 259 g/mol. The maximum atomic E-state index is 11.7. The normalized spacial score (nSPS) is 21.3. The van der Waals surface area contributed by atoms with Crippen LogP contribution in [-0.4, -0.2) is 35.1 Å². The fraction of sp³-hybridized carbons (Fsp3) is 0.500. The Morgan fingerprint density at radius 2 is 2.53 bits per heavy atom. The molecule has 0 aliphatic carbocycles. The van der Waals surface area contributed by atoms with Crippen molar-refractivity contribution in [2.24, 2.45) is 0 Å². The second-order valence-electron chi connectivity index (χ2n) is 3.30. The van der Waals surface area contributed by atoms with E-state index in [0.29, 0.717) is 5.75 Å². The first-order valence-corrected chi connectivity index (χ1v) is 8.13. The highest BCUT2D eigenvalue weighted by molar-refractivity contribution is 8.00. The van der Waals surface area contributed by atoms with Crippen LogP contribution in [0.4, 0.5) is 0 Å². The molecule has 1 saturated heterocycles. The molecule has 1 aliphatic heterocycles. The molecule has 1 aromatic rings. The van der Waals surface area contributed by atoms with E-state index in [1.165, 1.54) is 5.56 Å². The smallest absolute Gasteiger partial charge is 0.233 e. The molecule has 1 aliphatic rings. The molecule has 1 atom stereocenters. The van der Waals surface area contributed by atoms with Gasteiger partial charge >= 0.3 is 0 Å². The van der Waals surface area contributed by atoms with Crippen LogP contribution >= 0.6 is 34.9 Å². The summed E-state index contributed by atoms with van der Waals surface area (Å²) in [6, 6.07) is 2.12. The summed E-state index contributed by atoms with van der Waals surface area (Å²) >= 11 is 5.23. The van der Waals surface area contributed by atoms with Gasteiger partial charge in [-0.3, -0.25) is 4.79 Å². The number of rotatable bonds is 4. The second kappa shape index (κ2) is 5.27. The molecule has 0 spiro atoms. The van der Waals surface area contributed by atoms with Crippen molar-refractivity contribution in [1.29, 1.82) is 0 Å². The summed E-state index contributed by atoms with van der Waals surface area (Å²) in [5, 5.41) is 4.48. The van der Waals surface area contributed by atoms with Crippen molar-refractivity contribution in [2.75, 3.05) is 24.3 Å². The van der Waals surface area contributed by atoms with Gasteiger partial charge in [-0.05, 0) is 28.6 Å². The standard InChI is InChI=1S/C10H13NOS3/c1-13-5-3-11-9(12)7-15-10(11)8-2-4-14-6-8/h2,4,6,10H,3,5,7H2,1H3. The highest BCUT2D eigenvalue weighted by Crippen LogP contribution is 2.39. The molecule has 5 heteroatoms. The molecule has 0 saturated carbocycles. The van der Waals surface area contributed by atoms with Gasteiger partial charge in [0.05, 0.1) is 5.75 Å². The van der Waals surface area contributed by atoms with Crippen molar-refractivity contribution in [3.05, 3.63) is 22.4 Å². The summed E-state index contributed by atoms with van der Waals surface area (Å²) in [5.41, 5.74) is 1.27. The minimum atomic E-state index is 0.260. The van der Waals surface area contributed by atoms with E-state index in [-0.39, 0.29) is 11.3 Å². The van der Waals surface area contributed by atoms with E-state index in [2.05, 4.69) is 23.1 Å². The number of hydrogen-bond donors (Lipinski definition) is 0. The van der Waals surface area contributed by atoms with Gasteiger partial charge in [0.25, 0.3) is 0 Å². The van der Waals surface area contributed by atoms with Gasteiger partial charge in [0.2, 0.25) is 5.91 Å². The van der Waals surface area contributed by atoms with Gasteiger partial charge in [-0.15, -0.1) is 11.8 Å². The third kappa shape index (κ3) is 2.52. The van der Waals surface area contributed by atoms with Gasteiger partial charge in [-0.2, -0.15) is 23.1 Å². The van der Waals surface area contributed by atoms with Gasteiger partial charge in [0.1, 0.15) is 5.37 Å². The van der Waals surface area contributed by atoms with E-state index in [0.717, 1.165) is 12.3 Å². The number of thioether (sulfide) groups is 2. The van der Waals surface area contributed by atoms with E-state index < -0.39 is 0 Å². The first-order chi connectivity index (χ1) is 7.33. The molecule has 1 amide bonds. The molecule has 0 N–H and O–H groups in total. The number of carbonyl (C=O) groups is 1. The first kappa shape index (κ1) is 11.4. The van der Waals surface area contributed by atoms with Crippen molar-refractivity contribution in [3.63, 3.8) is 0 Å². The molecular formula is C10H13NOS3. The third-order valence-electron chi connectivity index (χ3n) is 2.33. The Morgan fingerprint density at radius 3 is 3.20 bits per heavy atom. The molecule has 2 rings (SSSR count). The zero-order valence-corrected chi connectivity index (χ0v) is 11.0. The van der Waals surface area contributed by atoms with E-state index >= 15 is 0 Å². The molecule has 0 radical (unpaired) electrons. The lowest BCUT2D eigenvalue weighted by Gasteiger charge is -2.22. The average Bonchev–Trinajstić information content (AvgIpc) is 2.84. The molecular weight excluding hydrogens is 246 g/mol. The third-order valence-corrected chi connectivity index (χ3v) is 4.88. The molecule has 1 unspecified atom stereocenters. The minimum Gasteiger partial charge on any atom is -0.325 e. The Morgan fingerprint density at radius 1 is 1.67 bits per heavy atom. The number of amides is 1. The topological polar surface area (TPSA) is 20.3 Å². The summed E-state index contributed by atoms with van der Waals surface area (Å²) < 4.78 is 0. The van der Waals surface area contributed by atoms with Crippen LogP contribution in [-0.2, 0) is 4.79 Å². The summed E-state index contributed by atoms with van der Waals surface area (Å²) in [6.45, 7) is 0.869.